The van der Waals surface area contributed by atoms with Crippen molar-refractivity contribution in [1.82, 2.24) is 0 Å². The molecular formula is C31H21NO. The zero-order chi connectivity index (χ0) is 21.8. The van der Waals surface area contributed by atoms with Gasteiger partial charge in [0, 0.05) is 28.6 Å². The van der Waals surface area contributed by atoms with Crippen molar-refractivity contribution in [2.24, 2.45) is 0 Å². The molecule has 0 radical (unpaired) electrons. The van der Waals surface area contributed by atoms with Gasteiger partial charge in [-0.3, -0.25) is 0 Å². The fourth-order valence-corrected chi connectivity index (χ4v) is 5.64. The lowest BCUT2D eigenvalue weighted by Gasteiger charge is -2.39. The average Bonchev–Trinajstić information content (AvgIpc) is 3.18. The van der Waals surface area contributed by atoms with Crippen molar-refractivity contribution in [3.8, 4) is 22.6 Å². The molecular weight excluding hydrogens is 402 g/mol. The lowest BCUT2D eigenvalue weighted by Crippen LogP contribution is -2.31. The van der Waals surface area contributed by atoms with Gasteiger partial charge in [-0.2, -0.15) is 0 Å². The Morgan fingerprint density at radius 3 is 2.00 bits per heavy atom. The molecule has 1 heterocycles. The largest absolute Gasteiger partial charge is 0.457 e. The Labute approximate surface area is 193 Å². The van der Waals surface area contributed by atoms with Crippen LogP contribution in [0.2, 0.25) is 0 Å². The average molecular weight is 424 g/mol. The van der Waals surface area contributed by atoms with Crippen LogP contribution in [-0.4, -0.2) is 0 Å². The van der Waals surface area contributed by atoms with E-state index in [1.807, 2.05) is 18.2 Å². The number of para-hydroxylation sites is 2. The van der Waals surface area contributed by atoms with Gasteiger partial charge >= 0.3 is 0 Å². The summed E-state index contributed by atoms with van der Waals surface area (Å²) in [5.41, 5.74) is 9.15. The van der Waals surface area contributed by atoms with Crippen LogP contribution in [0.3, 0.4) is 0 Å². The van der Waals surface area contributed by atoms with Crippen molar-refractivity contribution in [3.05, 3.63) is 144 Å². The number of nitrogens with one attached hydrogen (secondary N) is 1. The van der Waals surface area contributed by atoms with E-state index in [0.29, 0.717) is 0 Å². The molecule has 1 aliphatic carbocycles. The van der Waals surface area contributed by atoms with Crippen LogP contribution < -0.4 is 10.1 Å². The molecule has 0 fully saturated rings. The Balaban J connectivity index is 1.57. The number of rotatable bonds is 3. The number of anilines is 2. The number of fused-ring (bicyclic) bond motifs is 5. The van der Waals surface area contributed by atoms with Crippen molar-refractivity contribution in [1.29, 1.82) is 0 Å². The van der Waals surface area contributed by atoms with Gasteiger partial charge in [-0.25, -0.2) is 0 Å². The van der Waals surface area contributed by atoms with E-state index in [1.165, 1.54) is 33.4 Å². The molecule has 1 unspecified atom stereocenters. The molecule has 2 aliphatic rings. The van der Waals surface area contributed by atoms with Gasteiger partial charge < -0.3 is 10.1 Å². The Hall–Kier alpha value is -4.30. The van der Waals surface area contributed by atoms with Gasteiger partial charge in [-0.1, -0.05) is 91.0 Å². The van der Waals surface area contributed by atoms with E-state index in [1.54, 1.807) is 0 Å². The lowest BCUT2D eigenvalue weighted by molar-refractivity contribution is 0.438. The van der Waals surface area contributed by atoms with E-state index in [2.05, 4.69) is 108 Å². The van der Waals surface area contributed by atoms with Crippen LogP contribution in [0.15, 0.2) is 121 Å². The molecule has 2 heteroatoms. The lowest BCUT2D eigenvalue weighted by atomic mass is 9.66. The fraction of sp³-hybridized carbons (Fsp3) is 0.0323. The maximum atomic E-state index is 6.58. The first-order valence-corrected chi connectivity index (χ1v) is 11.3. The van der Waals surface area contributed by atoms with Gasteiger partial charge in [0.1, 0.15) is 11.5 Å². The summed E-state index contributed by atoms with van der Waals surface area (Å²) in [4.78, 5) is 0. The van der Waals surface area contributed by atoms with Gasteiger partial charge in [0.25, 0.3) is 0 Å². The molecule has 0 saturated carbocycles. The molecule has 33 heavy (non-hydrogen) atoms. The third-order valence-electron chi connectivity index (χ3n) is 6.88. The number of benzene rings is 5. The molecule has 0 aromatic heterocycles. The molecule has 1 N–H and O–H groups in total. The molecule has 5 aromatic rings. The zero-order valence-corrected chi connectivity index (χ0v) is 18.0. The van der Waals surface area contributed by atoms with E-state index in [9.17, 15) is 0 Å². The SMILES string of the molecule is c1ccc(Nc2cc3c4c(c2)-c2ccccc2C4(c2ccccc2)c2ccccc2O3)cc1. The first-order valence-electron chi connectivity index (χ1n) is 11.3. The van der Waals surface area contributed by atoms with Crippen molar-refractivity contribution in [3.63, 3.8) is 0 Å². The van der Waals surface area contributed by atoms with Crippen molar-refractivity contribution < 1.29 is 4.74 Å². The highest BCUT2D eigenvalue weighted by Crippen LogP contribution is 2.63. The Morgan fingerprint density at radius 1 is 0.515 bits per heavy atom. The highest BCUT2D eigenvalue weighted by molar-refractivity contribution is 5.92. The summed E-state index contributed by atoms with van der Waals surface area (Å²) in [5.74, 6) is 1.82. The summed E-state index contributed by atoms with van der Waals surface area (Å²) < 4.78 is 6.58. The molecule has 156 valence electrons. The number of hydrogen-bond acceptors (Lipinski definition) is 2. The third-order valence-corrected chi connectivity index (χ3v) is 6.88. The molecule has 0 saturated heterocycles. The van der Waals surface area contributed by atoms with Crippen molar-refractivity contribution in [2.75, 3.05) is 5.32 Å². The summed E-state index contributed by atoms with van der Waals surface area (Å²) in [7, 11) is 0. The van der Waals surface area contributed by atoms with Crippen molar-refractivity contribution >= 4 is 11.4 Å². The maximum Gasteiger partial charge on any atom is 0.134 e. The van der Waals surface area contributed by atoms with Gasteiger partial charge in [0.05, 0.1) is 5.41 Å². The Bertz CT molecular complexity index is 1510. The Morgan fingerprint density at radius 2 is 1.18 bits per heavy atom. The predicted molar refractivity (Wildman–Crippen MR) is 134 cm³/mol. The van der Waals surface area contributed by atoms with E-state index in [-0.39, 0.29) is 0 Å². The topological polar surface area (TPSA) is 21.3 Å². The van der Waals surface area contributed by atoms with Crippen LogP contribution in [0.5, 0.6) is 11.5 Å². The highest BCUT2D eigenvalue weighted by atomic mass is 16.5. The van der Waals surface area contributed by atoms with Gasteiger partial charge in [0.15, 0.2) is 0 Å². The summed E-state index contributed by atoms with van der Waals surface area (Å²) in [6.07, 6.45) is 0. The molecule has 1 atom stereocenters. The summed E-state index contributed by atoms with van der Waals surface area (Å²) >= 11 is 0. The van der Waals surface area contributed by atoms with Gasteiger partial charge in [0.2, 0.25) is 0 Å². The molecule has 5 aromatic carbocycles. The summed E-state index contributed by atoms with van der Waals surface area (Å²) in [5, 5.41) is 3.57. The molecule has 0 spiro atoms. The number of hydrogen-bond donors (Lipinski definition) is 1. The van der Waals surface area contributed by atoms with Crippen LogP contribution >= 0.6 is 0 Å². The predicted octanol–water partition coefficient (Wildman–Crippen LogP) is 7.90. The number of ether oxygens (including phenoxy) is 1. The minimum absolute atomic E-state index is 0.400. The maximum absolute atomic E-state index is 6.58. The molecule has 0 amide bonds. The van der Waals surface area contributed by atoms with Crippen LogP contribution in [0, 0.1) is 0 Å². The van der Waals surface area contributed by atoms with E-state index < -0.39 is 5.41 Å². The van der Waals surface area contributed by atoms with E-state index in [0.717, 1.165) is 22.9 Å². The summed E-state index contributed by atoms with van der Waals surface area (Å²) in [6, 6.07) is 42.8. The first-order chi connectivity index (χ1) is 16.4. The van der Waals surface area contributed by atoms with Crippen LogP contribution in [0.25, 0.3) is 11.1 Å². The highest BCUT2D eigenvalue weighted by Gasteiger charge is 2.51. The fourth-order valence-electron chi connectivity index (χ4n) is 5.64. The van der Waals surface area contributed by atoms with Crippen LogP contribution in [-0.2, 0) is 5.41 Å². The smallest absolute Gasteiger partial charge is 0.134 e. The quantitative estimate of drug-likeness (QED) is 0.312. The minimum atomic E-state index is -0.400. The second-order valence-electron chi connectivity index (χ2n) is 8.65. The normalized spacial score (nSPS) is 16.8. The monoisotopic (exact) mass is 423 g/mol. The molecule has 7 rings (SSSR count). The minimum Gasteiger partial charge on any atom is -0.457 e. The van der Waals surface area contributed by atoms with E-state index in [4.69, 9.17) is 4.74 Å². The molecule has 1 aliphatic heterocycles. The summed E-state index contributed by atoms with van der Waals surface area (Å²) in [6.45, 7) is 0. The second kappa shape index (κ2) is 6.85. The van der Waals surface area contributed by atoms with Crippen molar-refractivity contribution in [2.45, 2.75) is 5.41 Å². The van der Waals surface area contributed by atoms with Gasteiger partial charge in [-0.05, 0) is 46.5 Å². The van der Waals surface area contributed by atoms with E-state index >= 15 is 0 Å². The Kier molecular flexibility index (Phi) is 3.80. The zero-order valence-electron chi connectivity index (χ0n) is 18.0. The third kappa shape index (κ3) is 2.49. The first kappa shape index (κ1) is 18.3. The van der Waals surface area contributed by atoms with Crippen LogP contribution in [0.4, 0.5) is 11.4 Å². The van der Waals surface area contributed by atoms with Gasteiger partial charge in [-0.15, -0.1) is 0 Å². The standard InChI is InChI=1S/C31H21NO/c1-3-11-21(12-4-1)31-26-16-8-7-15-24(26)25-19-23(32-22-13-5-2-6-14-22)20-29(30(25)31)33-28-18-10-9-17-27(28)31/h1-20,32H. The molecule has 2 nitrogen and oxygen atoms in total. The van der Waals surface area contributed by atoms with Crippen LogP contribution in [0.1, 0.15) is 22.3 Å². The second-order valence-corrected chi connectivity index (χ2v) is 8.65. The molecule has 0 bridgehead atoms.